The van der Waals surface area contributed by atoms with Crippen molar-refractivity contribution in [3.8, 4) is 0 Å². The number of rotatable bonds is 6. The van der Waals surface area contributed by atoms with Crippen LogP contribution < -0.4 is 5.32 Å². The zero-order chi connectivity index (χ0) is 13.7. The molecule has 1 fully saturated rings. The maximum atomic E-state index is 3.82. The van der Waals surface area contributed by atoms with Crippen LogP contribution in [0.1, 0.15) is 42.9 Å². The normalized spacial score (nSPS) is 19.7. The molecule has 1 unspecified atom stereocenters. The van der Waals surface area contributed by atoms with E-state index in [1.807, 2.05) is 11.3 Å². The lowest BCUT2D eigenvalue weighted by Crippen LogP contribution is -2.46. The average Bonchev–Trinajstić information content (AvgIpc) is 2.77. The number of nitrogens with zero attached hydrogens (tertiary/aromatic N) is 1. The summed E-state index contributed by atoms with van der Waals surface area (Å²) in [7, 11) is 0. The molecule has 19 heavy (non-hydrogen) atoms. The fraction of sp³-hybridized carbons (Fsp3) is 0.750. The Labute approximate surface area is 122 Å². The molecule has 0 aromatic carbocycles. The molecule has 1 atom stereocenters. The summed E-state index contributed by atoms with van der Waals surface area (Å²) in [6.45, 7) is 10.6. The van der Waals surface area contributed by atoms with Crippen molar-refractivity contribution >= 4 is 11.3 Å². The third-order valence-electron chi connectivity index (χ3n) is 3.95. The Morgan fingerprint density at radius 2 is 2.11 bits per heavy atom. The van der Waals surface area contributed by atoms with E-state index in [9.17, 15) is 0 Å². The highest BCUT2D eigenvalue weighted by atomic mass is 32.1. The third-order valence-corrected chi connectivity index (χ3v) is 4.97. The lowest BCUT2D eigenvalue weighted by atomic mass is 10.0. The van der Waals surface area contributed by atoms with Crippen LogP contribution in [0.2, 0.25) is 0 Å². The summed E-state index contributed by atoms with van der Waals surface area (Å²) in [4.78, 5) is 5.54. The molecular weight excluding hydrogens is 252 g/mol. The van der Waals surface area contributed by atoms with Gasteiger partial charge >= 0.3 is 0 Å². The van der Waals surface area contributed by atoms with Gasteiger partial charge in [-0.05, 0) is 71.3 Å². The van der Waals surface area contributed by atoms with Gasteiger partial charge in [0.1, 0.15) is 0 Å². The average molecular weight is 280 g/mol. The van der Waals surface area contributed by atoms with Gasteiger partial charge in [0.2, 0.25) is 0 Å². The topological polar surface area (TPSA) is 15.3 Å². The fourth-order valence-electron chi connectivity index (χ4n) is 3.00. The second kappa shape index (κ2) is 7.41. The van der Waals surface area contributed by atoms with Gasteiger partial charge in [-0.25, -0.2) is 0 Å². The molecule has 1 aliphatic rings. The van der Waals surface area contributed by atoms with Crippen molar-refractivity contribution in [2.45, 2.75) is 58.5 Å². The Kier molecular flexibility index (Phi) is 5.86. The molecular formula is C16H28N2S. The number of likely N-dealkylation sites (tertiary alicyclic amines) is 1. The predicted octanol–water partition coefficient (Wildman–Crippen LogP) is 3.45. The highest BCUT2D eigenvalue weighted by Gasteiger charge is 2.19. The molecule has 2 heterocycles. The number of hydrogen-bond donors (Lipinski definition) is 1. The van der Waals surface area contributed by atoms with Crippen LogP contribution in [0.15, 0.2) is 12.1 Å². The summed E-state index contributed by atoms with van der Waals surface area (Å²) in [5.74, 6) is 0. The quantitative estimate of drug-likeness (QED) is 0.858. The summed E-state index contributed by atoms with van der Waals surface area (Å²) in [6.07, 6.45) is 5.08. The molecule has 3 heteroatoms. The Morgan fingerprint density at radius 3 is 2.68 bits per heavy atom. The van der Waals surface area contributed by atoms with Gasteiger partial charge in [0.15, 0.2) is 0 Å². The summed E-state index contributed by atoms with van der Waals surface area (Å²) >= 11 is 1.94. The van der Waals surface area contributed by atoms with E-state index in [0.29, 0.717) is 6.04 Å². The van der Waals surface area contributed by atoms with Crippen molar-refractivity contribution in [1.82, 2.24) is 10.2 Å². The highest BCUT2D eigenvalue weighted by molar-refractivity contribution is 7.11. The van der Waals surface area contributed by atoms with Crippen molar-refractivity contribution in [2.75, 3.05) is 19.6 Å². The van der Waals surface area contributed by atoms with E-state index in [1.165, 1.54) is 55.1 Å². The van der Waals surface area contributed by atoms with Gasteiger partial charge in [-0.3, -0.25) is 0 Å². The number of thiophene rings is 1. The van der Waals surface area contributed by atoms with Crippen LogP contribution in [0.25, 0.3) is 0 Å². The van der Waals surface area contributed by atoms with E-state index in [1.54, 1.807) is 0 Å². The van der Waals surface area contributed by atoms with Crippen LogP contribution in [-0.4, -0.2) is 36.6 Å². The minimum atomic E-state index is 0.598. The molecule has 2 rings (SSSR count). The second-order valence-electron chi connectivity index (χ2n) is 5.90. The van der Waals surface area contributed by atoms with Crippen molar-refractivity contribution in [1.29, 1.82) is 0 Å². The van der Waals surface area contributed by atoms with Gasteiger partial charge in [-0.1, -0.05) is 6.92 Å². The molecule has 0 saturated carbocycles. The molecule has 0 spiro atoms. The van der Waals surface area contributed by atoms with Crippen molar-refractivity contribution in [2.24, 2.45) is 0 Å². The molecule has 1 aliphatic heterocycles. The van der Waals surface area contributed by atoms with Crippen LogP contribution in [0.5, 0.6) is 0 Å². The minimum absolute atomic E-state index is 0.598. The van der Waals surface area contributed by atoms with Crippen molar-refractivity contribution < 1.29 is 0 Å². The van der Waals surface area contributed by atoms with Crippen molar-refractivity contribution in [3.05, 3.63) is 21.9 Å². The molecule has 108 valence electrons. The molecule has 1 aromatic heterocycles. The largest absolute Gasteiger partial charge is 0.311 e. The number of piperidine rings is 1. The number of aryl methyl sites for hydroxylation is 1. The summed E-state index contributed by atoms with van der Waals surface area (Å²) in [5.41, 5.74) is 0. The van der Waals surface area contributed by atoms with Gasteiger partial charge in [-0.15, -0.1) is 11.3 Å². The molecule has 1 aromatic rings. The van der Waals surface area contributed by atoms with E-state index in [2.05, 4.69) is 43.1 Å². The number of nitrogens with one attached hydrogen (secondary N) is 1. The van der Waals surface area contributed by atoms with Gasteiger partial charge in [-0.2, -0.15) is 0 Å². The summed E-state index contributed by atoms with van der Waals surface area (Å²) in [5, 5.41) is 3.82. The molecule has 1 N–H and O–H groups in total. The smallest absolute Gasteiger partial charge is 0.00940 e. The van der Waals surface area contributed by atoms with Crippen LogP contribution in [0.4, 0.5) is 0 Å². The maximum Gasteiger partial charge on any atom is 0.00940 e. The second-order valence-corrected chi connectivity index (χ2v) is 7.27. The Balaban J connectivity index is 1.70. The summed E-state index contributed by atoms with van der Waals surface area (Å²) < 4.78 is 0. The lowest BCUT2D eigenvalue weighted by Gasteiger charge is -2.33. The minimum Gasteiger partial charge on any atom is -0.311 e. The van der Waals surface area contributed by atoms with Crippen molar-refractivity contribution in [3.63, 3.8) is 0 Å². The van der Waals surface area contributed by atoms with E-state index < -0.39 is 0 Å². The number of hydrogen-bond acceptors (Lipinski definition) is 3. The van der Waals surface area contributed by atoms with Crippen LogP contribution in [0.3, 0.4) is 0 Å². The van der Waals surface area contributed by atoms with E-state index in [0.717, 1.165) is 6.04 Å². The van der Waals surface area contributed by atoms with Crippen LogP contribution >= 0.6 is 11.3 Å². The standard InChI is InChI=1S/C16H28N2S/c1-4-9-18-10-7-15(8-11-18)17-13(2)12-16-6-5-14(3)19-16/h5-6,13,15,17H,4,7-12H2,1-3H3. The third kappa shape index (κ3) is 4.90. The Hall–Kier alpha value is -0.380. The van der Waals surface area contributed by atoms with Gasteiger partial charge in [0.05, 0.1) is 0 Å². The first-order valence-electron chi connectivity index (χ1n) is 7.71. The highest BCUT2D eigenvalue weighted by Crippen LogP contribution is 2.18. The molecule has 0 bridgehead atoms. The first-order chi connectivity index (χ1) is 9.17. The lowest BCUT2D eigenvalue weighted by molar-refractivity contribution is 0.192. The zero-order valence-electron chi connectivity index (χ0n) is 12.6. The molecule has 2 nitrogen and oxygen atoms in total. The van der Waals surface area contributed by atoms with Gasteiger partial charge < -0.3 is 10.2 Å². The Morgan fingerprint density at radius 1 is 1.37 bits per heavy atom. The zero-order valence-corrected chi connectivity index (χ0v) is 13.4. The van der Waals surface area contributed by atoms with Gasteiger partial charge in [0, 0.05) is 21.8 Å². The predicted molar refractivity (Wildman–Crippen MR) is 85.1 cm³/mol. The monoisotopic (exact) mass is 280 g/mol. The van der Waals surface area contributed by atoms with Gasteiger partial charge in [0.25, 0.3) is 0 Å². The van der Waals surface area contributed by atoms with Crippen LogP contribution in [0, 0.1) is 6.92 Å². The molecule has 0 aliphatic carbocycles. The maximum absolute atomic E-state index is 3.82. The summed E-state index contributed by atoms with van der Waals surface area (Å²) in [6, 6.07) is 5.84. The van der Waals surface area contributed by atoms with Crippen LogP contribution in [-0.2, 0) is 6.42 Å². The molecule has 1 saturated heterocycles. The SMILES string of the molecule is CCCN1CCC(NC(C)Cc2ccc(C)s2)CC1. The fourth-order valence-corrected chi connectivity index (χ4v) is 4.02. The first-order valence-corrected chi connectivity index (χ1v) is 8.52. The first kappa shape index (κ1) is 15.0. The van der Waals surface area contributed by atoms with E-state index >= 15 is 0 Å². The van der Waals surface area contributed by atoms with E-state index in [4.69, 9.17) is 0 Å². The Bertz CT molecular complexity index is 367. The van der Waals surface area contributed by atoms with E-state index in [-0.39, 0.29) is 0 Å². The molecule has 0 radical (unpaired) electrons. The molecule has 0 amide bonds.